The number of likely N-dealkylation sites (N-methyl/N-ethyl adjacent to an activating group) is 1. The number of aliphatic hydroxyl groups excluding tert-OH is 1. The van der Waals surface area contributed by atoms with Crippen molar-refractivity contribution in [1.29, 1.82) is 0 Å². The number of ether oxygens (including phenoxy) is 1. The lowest BCUT2D eigenvalue weighted by Gasteiger charge is -2.24. The molecule has 3 N–H and O–H groups in total. The molecule has 0 heterocycles. The minimum Gasteiger partial charge on any atom is -0.444 e. The van der Waals surface area contributed by atoms with Gasteiger partial charge in [0, 0.05) is 13.6 Å². The highest BCUT2D eigenvalue weighted by Crippen LogP contribution is 2.13. The van der Waals surface area contributed by atoms with Gasteiger partial charge in [-0.15, -0.1) is 0 Å². The van der Waals surface area contributed by atoms with E-state index in [-0.39, 0.29) is 18.7 Å². The molecule has 0 radical (unpaired) electrons. The van der Waals surface area contributed by atoms with Crippen molar-refractivity contribution in [2.75, 3.05) is 20.2 Å². The van der Waals surface area contributed by atoms with Crippen molar-refractivity contribution in [2.45, 2.75) is 38.8 Å². The summed E-state index contributed by atoms with van der Waals surface area (Å²) in [6.07, 6.45) is 0.382. The molecule has 1 rings (SSSR count). The maximum Gasteiger partial charge on any atom is 0.410 e. The van der Waals surface area contributed by atoms with E-state index in [2.05, 4.69) is 0 Å². The third-order valence-electron chi connectivity index (χ3n) is 3.02. The lowest BCUT2D eigenvalue weighted by Crippen LogP contribution is -2.35. The predicted octanol–water partition coefficient (Wildman–Crippen LogP) is 2.09. The van der Waals surface area contributed by atoms with Crippen LogP contribution in [0.5, 0.6) is 0 Å². The van der Waals surface area contributed by atoms with E-state index in [1.807, 2.05) is 45.0 Å². The van der Waals surface area contributed by atoms with Crippen LogP contribution in [0.15, 0.2) is 24.3 Å². The zero-order chi connectivity index (χ0) is 16.0. The molecule has 0 aromatic heterocycles. The number of hydrogen-bond donors (Lipinski definition) is 2. The minimum atomic E-state index is -0.487. The molecule has 1 aromatic rings. The molecule has 21 heavy (non-hydrogen) atoms. The van der Waals surface area contributed by atoms with Gasteiger partial charge >= 0.3 is 6.09 Å². The van der Waals surface area contributed by atoms with Crippen LogP contribution in [0.3, 0.4) is 0 Å². The number of nitrogens with two attached hydrogens (primary N) is 1. The molecule has 0 saturated heterocycles. The molecular formula is C16H26N2O3. The molecule has 5 nitrogen and oxygen atoms in total. The minimum absolute atomic E-state index is 0.0821. The van der Waals surface area contributed by atoms with Crippen LogP contribution in [-0.4, -0.2) is 41.9 Å². The highest BCUT2D eigenvalue weighted by Gasteiger charge is 2.19. The van der Waals surface area contributed by atoms with Gasteiger partial charge in [0.2, 0.25) is 0 Å². The second-order valence-electron chi connectivity index (χ2n) is 6.19. The number of carbonyl (C=O) groups is 1. The van der Waals surface area contributed by atoms with Crippen LogP contribution in [0.25, 0.3) is 0 Å². The first-order valence-electron chi connectivity index (χ1n) is 7.12. The molecule has 118 valence electrons. The molecular weight excluding hydrogens is 268 g/mol. The van der Waals surface area contributed by atoms with Gasteiger partial charge in [0.1, 0.15) is 5.60 Å². The fourth-order valence-electron chi connectivity index (χ4n) is 1.81. The number of amides is 1. The number of nitrogens with zero attached hydrogens (tertiary/aromatic N) is 1. The van der Waals surface area contributed by atoms with E-state index >= 15 is 0 Å². The van der Waals surface area contributed by atoms with E-state index < -0.39 is 5.60 Å². The topological polar surface area (TPSA) is 75.8 Å². The van der Waals surface area contributed by atoms with Crippen molar-refractivity contribution >= 4 is 6.09 Å². The van der Waals surface area contributed by atoms with Crippen LogP contribution in [-0.2, 0) is 11.2 Å². The van der Waals surface area contributed by atoms with Gasteiger partial charge in [0.25, 0.3) is 0 Å². The molecule has 0 aliphatic heterocycles. The summed E-state index contributed by atoms with van der Waals surface area (Å²) in [4.78, 5) is 13.4. The van der Waals surface area contributed by atoms with E-state index in [0.717, 1.165) is 11.1 Å². The summed E-state index contributed by atoms with van der Waals surface area (Å²) in [5, 5.41) is 9.08. The van der Waals surface area contributed by atoms with Crippen molar-refractivity contribution in [3.63, 3.8) is 0 Å². The molecule has 1 atom stereocenters. The maximum absolute atomic E-state index is 11.9. The fourth-order valence-corrected chi connectivity index (χ4v) is 1.81. The van der Waals surface area contributed by atoms with Crippen molar-refractivity contribution in [1.82, 2.24) is 4.90 Å². The Kier molecular flexibility index (Phi) is 6.18. The molecule has 0 spiro atoms. The average molecular weight is 294 g/mol. The van der Waals surface area contributed by atoms with Gasteiger partial charge in [-0.05, 0) is 38.3 Å². The van der Waals surface area contributed by atoms with Gasteiger partial charge in [-0.2, -0.15) is 0 Å². The molecule has 0 aliphatic carbocycles. The van der Waals surface area contributed by atoms with Crippen LogP contribution in [0.2, 0.25) is 0 Å². The molecule has 1 unspecified atom stereocenters. The first kappa shape index (κ1) is 17.5. The number of rotatable bonds is 5. The highest BCUT2D eigenvalue weighted by molar-refractivity contribution is 5.67. The van der Waals surface area contributed by atoms with Gasteiger partial charge in [0.05, 0.1) is 12.6 Å². The van der Waals surface area contributed by atoms with Gasteiger partial charge in [-0.3, -0.25) is 0 Å². The van der Waals surface area contributed by atoms with Crippen LogP contribution >= 0.6 is 0 Å². The van der Waals surface area contributed by atoms with Gasteiger partial charge < -0.3 is 20.5 Å². The van der Waals surface area contributed by atoms with Crippen LogP contribution in [0, 0.1) is 0 Å². The van der Waals surface area contributed by atoms with Crippen molar-refractivity contribution in [3.8, 4) is 0 Å². The Bertz CT molecular complexity index is 469. The van der Waals surface area contributed by atoms with Crippen LogP contribution in [0.1, 0.15) is 37.9 Å². The van der Waals surface area contributed by atoms with Crippen LogP contribution < -0.4 is 5.73 Å². The molecule has 0 fully saturated rings. The highest BCUT2D eigenvalue weighted by atomic mass is 16.6. The predicted molar refractivity (Wildman–Crippen MR) is 83.0 cm³/mol. The number of benzene rings is 1. The van der Waals surface area contributed by atoms with E-state index in [9.17, 15) is 4.79 Å². The monoisotopic (exact) mass is 294 g/mol. The van der Waals surface area contributed by atoms with Crippen molar-refractivity contribution < 1.29 is 14.6 Å². The zero-order valence-electron chi connectivity index (χ0n) is 13.3. The molecule has 1 aromatic carbocycles. The Morgan fingerprint density at radius 1 is 1.43 bits per heavy atom. The van der Waals surface area contributed by atoms with Gasteiger partial charge in [-0.1, -0.05) is 24.3 Å². The quantitative estimate of drug-likeness (QED) is 0.872. The Labute approximate surface area is 126 Å². The second-order valence-corrected chi connectivity index (χ2v) is 6.19. The summed E-state index contributed by atoms with van der Waals surface area (Å²) < 4.78 is 5.30. The number of aliphatic hydroxyl groups is 1. The number of hydrogen-bond acceptors (Lipinski definition) is 4. The van der Waals surface area contributed by atoms with E-state index in [1.54, 1.807) is 11.9 Å². The normalized spacial score (nSPS) is 12.9. The summed E-state index contributed by atoms with van der Waals surface area (Å²) in [6, 6.07) is 7.38. The van der Waals surface area contributed by atoms with Crippen LogP contribution in [0.4, 0.5) is 4.79 Å². The van der Waals surface area contributed by atoms with E-state index in [0.29, 0.717) is 13.0 Å². The SMILES string of the molecule is CN(CCc1cccc(C(N)CO)c1)C(=O)OC(C)(C)C. The van der Waals surface area contributed by atoms with Crippen molar-refractivity contribution in [2.24, 2.45) is 5.73 Å². The summed E-state index contributed by atoms with van der Waals surface area (Å²) >= 11 is 0. The second kappa shape index (κ2) is 7.43. The largest absolute Gasteiger partial charge is 0.444 e. The third-order valence-corrected chi connectivity index (χ3v) is 3.02. The van der Waals surface area contributed by atoms with Crippen molar-refractivity contribution in [3.05, 3.63) is 35.4 Å². The Morgan fingerprint density at radius 3 is 2.67 bits per heavy atom. The zero-order valence-corrected chi connectivity index (χ0v) is 13.3. The van der Waals surface area contributed by atoms with Gasteiger partial charge in [0.15, 0.2) is 0 Å². The molecule has 5 heteroatoms. The molecule has 0 saturated carbocycles. The van der Waals surface area contributed by atoms with E-state index in [1.165, 1.54) is 0 Å². The molecule has 1 amide bonds. The summed E-state index contributed by atoms with van der Waals surface area (Å²) in [5.74, 6) is 0. The number of carbonyl (C=O) groups excluding carboxylic acids is 1. The van der Waals surface area contributed by atoms with Gasteiger partial charge in [-0.25, -0.2) is 4.79 Å². The molecule has 0 bridgehead atoms. The lowest BCUT2D eigenvalue weighted by atomic mass is 10.0. The maximum atomic E-state index is 11.9. The van der Waals surface area contributed by atoms with E-state index in [4.69, 9.17) is 15.6 Å². The first-order valence-corrected chi connectivity index (χ1v) is 7.12. The Balaban J connectivity index is 2.57. The third kappa shape index (κ3) is 6.14. The summed E-state index contributed by atoms with van der Waals surface area (Å²) in [5.41, 5.74) is 7.29. The average Bonchev–Trinajstić information content (AvgIpc) is 2.42. The fraction of sp³-hybridized carbons (Fsp3) is 0.562. The Hall–Kier alpha value is -1.59. The first-order chi connectivity index (χ1) is 9.73. The lowest BCUT2D eigenvalue weighted by molar-refractivity contribution is 0.0301. The Morgan fingerprint density at radius 2 is 2.10 bits per heavy atom. The summed E-state index contributed by atoms with van der Waals surface area (Å²) in [7, 11) is 1.72. The molecule has 0 aliphatic rings. The summed E-state index contributed by atoms with van der Waals surface area (Å²) in [6.45, 7) is 6.02. The standard InChI is InChI=1S/C16H26N2O3/c1-16(2,3)21-15(20)18(4)9-8-12-6-5-7-13(10-12)14(17)11-19/h5-7,10,14,19H,8-9,11,17H2,1-4H3. The smallest absolute Gasteiger partial charge is 0.410 e.